The lowest BCUT2D eigenvalue weighted by molar-refractivity contribution is -0.167. The van der Waals surface area contributed by atoms with Gasteiger partial charge in [-0.2, -0.15) is 0 Å². The van der Waals surface area contributed by atoms with Crippen molar-refractivity contribution in [3.05, 3.63) is 122 Å². The summed E-state index contributed by atoms with van der Waals surface area (Å²) in [6.45, 7) is 6.39. The van der Waals surface area contributed by atoms with Gasteiger partial charge in [0.1, 0.15) is 13.2 Å². The normalized spacial score (nSPS) is 12.9. The maximum absolute atomic E-state index is 12.9. The number of hydrogen-bond acceptors (Lipinski definition) is 6. The SMILES string of the molecule is CC/C=C\C/C=C\C/C=C\C/C=C\C/C=C\CCCC(=O)OC(COC(=O)CCCCCCCCC/C=C\CCCCCCCC)COC(=O)CCCCCCCCCCCCCCCCCC/C=C\C/C=C\C/C=C\C/C=C\CC. The average Bonchev–Trinajstić information content (AvgIpc) is 3.47. The molecule has 81 heavy (non-hydrogen) atoms. The van der Waals surface area contributed by atoms with Crippen LogP contribution in [0.3, 0.4) is 0 Å². The van der Waals surface area contributed by atoms with E-state index in [4.69, 9.17) is 14.2 Å². The number of hydrogen-bond donors (Lipinski definition) is 0. The molecule has 0 radical (unpaired) electrons. The third-order valence-electron chi connectivity index (χ3n) is 14.4. The van der Waals surface area contributed by atoms with Gasteiger partial charge < -0.3 is 14.2 Å². The van der Waals surface area contributed by atoms with Crippen molar-refractivity contribution in [1.29, 1.82) is 0 Å². The molecule has 0 aliphatic rings. The molecule has 0 aliphatic heterocycles. The Morgan fingerprint density at radius 3 is 0.802 bits per heavy atom. The molecule has 0 saturated heterocycles. The molecule has 6 nitrogen and oxygen atoms in total. The van der Waals surface area contributed by atoms with Gasteiger partial charge in [-0.05, 0) is 122 Å². The largest absolute Gasteiger partial charge is 0.462 e. The molecule has 0 heterocycles. The number of esters is 3. The number of carbonyl (C=O) groups is 3. The van der Waals surface area contributed by atoms with E-state index in [0.717, 1.165) is 103 Å². The molecule has 0 aromatic rings. The van der Waals surface area contributed by atoms with Crippen LogP contribution in [-0.2, 0) is 28.6 Å². The summed E-state index contributed by atoms with van der Waals surface area (Å²) in [5.41, 5.74) is 0. The van der Waals surface area contributed by atoms with Crippen molar-refractivity contribution < 1.29 is 28.6 Å². The van der Waals surface area contributed by atoms with Crippen LogP contribution in [0.2, 0.25) is 0 Å². The van der Waals surface area contributed by atoms with Gasteiger partial charge >= 0.3 is 17.9 Å². The summed E-state index contributed by atoms with van der Waals surface area (Å²) >= 11 is 0. The van der Waals surface area contributed by atoms with Crippen molar-refractivity contribution in [1.82, 2.24) is 0 Å². The Bertz CT molecular complexity index is 1670. The van der Waals surface area contributed by atoms with E-state index in [1.54, 1.807) is 0 Å². The van der Waals surface area contributed by atoms with Crippen molar-refractivity contribution in [2.24, 2.45) is 0 Å². The van der Waals surface area contributed by atoms with Crippen LogP contribution >= 0.6 is 0 Å². The number of carbonyl (C=O) groups excluding carboxylic acids is 3. The van der Waals surface area contributed by atoms with Gasteiger partial charge in [0.25, 0.3) is 0 Å². The van der Waals surface area contributed by atoms with E-state index >= 15 is 0 Å². The fourth-order valence-electron chi connectivity index (χ4n) is 9.41. The van der Waals surface area contributed by atoms with E-state index in [0.29, 0.717) is 19.3 Å². The van der Waals surface area contributed by atoms with Gasteiger partial charge in [-0.1, -0.05) is 296 Å². The molecule has 0 bridgehead atoms. The van der Waals surface area contributed by atoms with Crippen LogP contribution in [0.25, 0.3) is 0 Å². The Kier molecular flexibility index (Phi) is 64.8. The van der Waals surface area contributed by atoms with Crippen LogP contribution < -0.4 is 0 Å². The van der Waals surface area contributed by atoms with E-state index < -0.39 is 6.10 Å². The van der Waals surface area contributed by atoms with E-state index in [1.807, 2.05) is 0 Å². The fraction of sp³-hybridized carbons (Fsp3) is 0.693. The van der Waals surface area contributed by atoms with Gasteiger partial charge in [0.15, 0.2) is 6.10 Å². The molecular weight excluding hydrogens is 997 g/mol. The smallest absolute Gasteiger partial charge is 0.306 e. The van der Waals surface area contributed by atoms with E-state index in [2.05, 4.69) is 142 Å². The lowest BCUT2D eigenvalue weighted by Gasteiger charge is -2.18. The minimum atomic E-state index is -0.813. The lowest BCUT2D eigenvalue weighted by Crippen LogP contribution is -2.30. The monoisotopic (exact) mass is 1120 g/mol. The van der Waals surface area contributed by atoms with Crippen molar-refractivity contribution >= 4 is 17.9 Å². The van der Waals surface area contributed by atoms with Gasteiger partial charge in [0.2, 0.25) is 0 Å². The molecule has 0 aromatic heterocycles. The zero-order valence-corrected chi connectivity index (χ0v) is 53.0. The van der Waals surface area contributed by atoms with Crippen molar-refractivity contribution in [3.63, 3.8) is 0 Å². The molecule has 462 valence electrons. The lowest BCUT2D eigenvalue weighted by atomic mass is 10.0. The number of rotatable bonds is 61. The molecular formula is C75H126O6. The third kappa shape index (κ3) is 66.5. The Morgan fingerprint density at radius 2 is 0.494 bits per heavy atom. The number of allylic oxidation sites excluding steroid dienone is 20. The highest BCUT2D eigenvalue weighted by atomic mass is 16.6. The Morgan fingerprint density at radius 1 is 0.259 bits per heavy atom. The third-order valence-corrected chi connectivity index (χ3v) is 14.4. The predicted octanol–water partition coefficient (Wildman–Crippen LogP) is 23.6. The molecule has 0 aliphatic carbocycles. The first-order valence-corrected chi connectivity index (χ1v) is 34.0. The summed E-state index contributed by atoms with van der Waals surface area (Å²) in [7, 11) is 0. The Balaban J connectivity index is 4.34. The Hall–Kier alpha value is -4.19. The molecule has 1 unspecified atom stereocenters. The fourth-order valence-corrected chi connectivity index (χ4v) is 9.41. The van der Waals surface area contributed by atoms with Gasteiger partial charge in [0.05, 0.1) is 0 Å². The number of unbranched alkanes of at least 4 members (excludes halogenated alkanes) is 30. The highest BCUT2D eigenvalue weighted by molar-refractivity contribution is 5.71. The minimum absolute atomic E-state index is 0.102. The molecule has 0 amide bonds. The van der Waals surface area contributed by atoms with Gasteiger partial charge in [-0.15, -0.1) is 0 Å². The minimum Gasteiger partial charge on any atom is -0.462 e. The standard InChI is InChI=1S/C75H126O6/c1-4-7-10-13-16-19-22-25-28-31-32-33-34-35-36-37-38-39-40-41-42-45-47-50-53-56-59-62-65-68-74(77)80-71-72(81-75(78)69-66-63-60-57-54-51-48-44-30-27-24-21-18-15-12-9-6-3)70-79-73(76)67-64-61-58-55-52-49-46-43-29-26-23-20-17-14-11-8-5-2/h7,9-10,12,16,18-19,21,25-30,32-33,48,51,57,60,72H,4-6,8,11,13-15,17,20,22-24,31,34-47,49-50,52-56,58-59,61-71H2,1-3H3/b10-7-,12-9-,19-16-,21-18-,28-25-,29-26-,30-27-,33-32-,51-48-,60-57-. The molecule has 0 spiro atoms. The zero-order chi connectivity index (χ0) is 58.5. The number of ether oxygens (including phenoxy) is 3. The van der Waals surface area contributed by atoms with Crippen LogP contribution in [0.1, 0.15) is 316 Å². The first-order chi connectivity index (χ1) is 40.0. The molecule has 0 saturated carbocycles. The van der Waals surface area contributed by atoms with Crippen LogP contribution in [0, 0.1) is 0 Å². The first kappa shape index (κ1) is 76.8. The van der Waals surface area contributed by atoms with Crippen molar-refractivity contribution in [2.45, 2.75) is 322 Å². The van der Waals surface area contributed by atoms with Gasteiger partial charge in [-0.3, -0.25) is 14.4 Å². The van der Waals surface area contributed by atoms with E-state index in [9.17, 15) is 14.4 Å². The Labute approximate surface area is 501 Å². The highest BCUT2D eigenvalue weighted by Crippen LogP contribution is 2.16. The van der Waals surface area contributed by atoms with E-state index in [-0.39, 0.29) is 37.5 Å². The van der Waals surface area contributed by atoms with Gasteiger partial charge in [-0.25, -0.2) is 0 Å². The molecule has 0 aromatic carbocycles. The van der Waals surface area contributed by atoms with Crippen molar-refractivity contribution in [2.75, 3.05) is 13.2 Å². The summed E-state index contributed by atoms with van der Waals surface area (Å²) in [4.78, 5) is 38.4. The molecule has 0 rings (SSSR count). The summed E-state index contributed by atoms with van der Waals surface area (Å²) in [6, 6.07) is 0. The molecule has 6 heteroatoms. The average molecular weight is 1120 g/mol. The summed E-state index contributed by atoms with van der Waals surface area (Å²) < 4.78 is 16.9. The van der Waals surface area contributed by atoms with Gasteiger partial charge in [0, 0.05) is 19.3 Å². The first-order valence-electron chi connectivity index (χ1n) is 34.0. The van der Waals surface area contributed by atoms with Crippen LogP contribution in [0.5, 0.6) is 0 Å². The second kappa shape index (κ2) is 68.3. The highest BCUT2D eigenvalue weighted by Gasteiger charge is 2.19. The topological polar surface area (TPSA) is 78.9 Å². The second-order valence-electron chi connectivity index (χ2n) is 22.3. The van der Waals surface area contributed by atoms with Crippen LogP contribution in [-0.4, -0.2) is 37.2 Å². The summed E-state index contributed by atoms with van der Waals surface area (Å²) in [6.07, 6.45) is 95.1. The maximum atomic E-state index is 12.9. The van der Waals surface area contributed by atoms with Crippen LogP contribution in [0.4, 0.5) is 0 Å². The summed E-state index contributed by atoms with van der Waals surface area (Å²) in [5.74, 6) is -0.956. The van der Waals surface area contributed by atoms with Crippen molar-refractivity contribution in [3.8, 4) is 0 Å². The zero-order valence-electron chi connectivity index (χ0n) is 53.0. The molecule has 1 atom stereocenters. The van der Waals surface area contributed by atoms with Crippen LogP contribution in [0.15, 0.2) is 122 Å². The second-order valence-corrected chi connectivity index (χ2v) is 22.3. The molecule has 0 fully saturated rings. The maximum Gasteiger partial charge on any atom is 0.306 e. The molecule has 0 N–H and O–H groups in total. The predicted molar refractivity (Wildman–Crippen MR) is 353 cm³/mol. The summed E-state index contributed by atoms with van der Waals surface area (Å²) in [5, 5.41) is 0. The van der Waals surface area contributed by atoms with E-state index in [1.165, 1.54) is 167 Å². The quantitative estimate of drug-likeness (QED) is 0.0261.